The Bertz CT molecular complexity index is 875. The quantitative estimate of drug-likeness (QED) is 0.683. The molecule has 0 aliphatic carbocycles. The predicted molar refractivity (Wildman–Crippen MR) is 119 cm³/mol. The maximum atomic E-state index is 12.6. The van der Waals surface area contributed by atoms with E-state index in [0.29, 0.717) is 24.9 Å². The van der Waals surface area contributed by atoms with Crippen molar-refractivity contribution >= 4 is 5.91 Å². The molecule has 3 rings (SSSR count). The van der Waals surface area contributed by atoms with E-state index in [-0.39, 0.29) is 24.5 Å². The molecule has 5 nitrogen and oxygen atoms in total. The number of amides is 1. The second kappa shape index (κ2) is 9.88. The lowest BCUT2D eigenvalue weighted by Gasteiger charge is -2.24. The summed E-state index contributed by atoms with van der Waals surface area (Å²) in [5, 5.41) is 3.11. The zero-order valence-electron chi connectivity index (χ0n) is 18.7. The first-order valence-electron chi connectivity index (χ1n) is 10.8. The third kappa shape index (κ3) is 5.47. The van der Waals surface area contributed by atoms with Crippen LogP contribution in [0.4, 0.5) is 0 Å². The van der Waals surface area contributed by atoms with Crippen molar-refractivity contribution in [3.05, 3.63) is 53.1 Å². The normalized spacial score (nSPS) is 14.4. The van der Waals surface area contributed by atoms with E-state index >= 15 is 0 Å². The Hall–Kier alpha value is -2.69. The predicted octanol–water partition coefficient (Wildman–Crippen LogP) is 5.17. The summed E-state index contributed by atoms with van der Waals surface area (Å²) in [7, 11) is 0. The van der Waals surface area contributed by atoms with Crippen LogP contribution in [0.2, 0.25) is 0 Å². The number of aryl methyl sites for hydroxylation is 1. The monoisotopic (exact) mass is 411 g/mol. The zero-order chi connectivity index (χ0) is 21.7. The number of benzene rings is 2. The van der Waals surface area contributed by atoms with Crippen molar-refractivity contribution in [2.75, 3.05) is 19.8 Å². The molecule has 0 bridgehead atoms. The van der Waals surface area contributed by atoms with Crippen molar-refractivity contribution < 1.29 is 19.0 Å². The molecule has 0 fully saturated rings. The molecule has 0 saturated carbocycles. The highest BCUT2D eigenvalue weighted by molar-refractivity contribution is 5.78. The first-order chi connectivity index (χ1) is 14.3. The Morgan fingerprint density at radius 3 is 2.43 bits per heavy atom. The van der Waals surface area contributed by atoms with Gasteiger partial charge in [-0.2, -0.15) is 0 Å². The van der Waals surface area contributed by atoms with Gasteiger partial charge in [0.2, 0.25) is 0 Å². The molecule has 1 aliphatic heterocycles. The van der Waals surface area contributed by atoms with Crippen molar-refractivity contribution in [3.8, 4) is 17.2 Å². The topological polar surface area (TPSA) is 56.8 Å². The van der Waals surface area contributed by atoms with E-state index in [4.69, 9.17) is 14.2 Å². The number of rotatable bonds is 7. The van der Waals surface area contributed by atoms with Crippen LogP contribution in [-0.2, 0) is 4.79 Å². The van der Waals surface area contributed by atoms with Crippen LogP contribution >= 0.6 is 0 Å². The van der Waals surface area contributed by atoms with Crippen LogP contribution in [0.25, 0.3) is 0 Å². The summed E-state index contributed by atoms with van der Waals surface area (Å²) in [6.07, 6.45) is 0.864. The molecule has 0 radical (unpaired) electrons. The lowest BCUT2D eigenvalue weighted by Crippen LogP contribution is -2.35. The van der Waals surface area contributed by atoms with Crippen LogP contribution in [-0.4, -0.2) is 25.7 Å². The van der Waals surface area contributed by atoms with Crippen molar-refractivity contribution in [2.24, 2.45) is 5.92 Å². The molecule has 1 amide bonds. The van der Waals surface area contributed by atoms with Crippen molar-refractivity contribution in [2.45, 2.75) is 53.0 Å². The minimum atomic E-state index is -0.147. The van der Waals surface area contributed by atoms with Gasteiger partial charge in [0.1, 0.15) is 5.75 Å². The smallest absolute Gasteiger partial charge is 0.258 e. The Balaban J connectivity index is 1.65. The fourth-order valence-electron chi connectivity index (χ4n) is 3.76. The third-order valence-corrected chi connectivity index (χ3v) is 5.35. The van der Waals surface area contributed by atoms with Crippen LogP contribution in [0.15, 0.2) is 36.4 Å². The second-order valence-electron chi connectivity index (χ2n) is 8.51. The van der Waals surface area contributed by atoms with Crippen molar-refractivity contribution in [1.29, 1.82) is 0 Å². The van der Waals surface area contributed by atoms with E-state index in [0.717, 1.165) is 23.5 Å². The van der Waals surface area contributed by atoms with E-state index in [2.05, 4.69) is 46.0 Å². The minimum absolute atomic E-state index is 0.0196. The molecule has 0 aromatic heterocycles. The minimum Gasteiger partial charge on any atom is -0.490 e. The summed E-state index contributed by atoms with van der Waals surface area (Å²) in [6.45, 7) is 11.9. The number of carbonyl (C=O) groups is 1. The third-order valence-electron chi connectivity index (χ3n) is 5.35. The van der Waals surface area contributed by atoms with Gasteiger partial charge in [-0.3, -0.25) is 4.79 Å². The van der Waals surface area contributed by atoms with Gasteiger partial charge in [-0.05, 0) is 59.7 Å². The highest BCUT2D eigenvalue weighted by Crippen LogP contribution is 2.34. The van der Waals surface area contributed by atoms with Crippen LogP contribution in [0, 0.1) is 12.8 Å². The molecule has 1 aliphatic rings. The molecule has 1 atom stereocenters. The Morgan fingerprint density at radius 2 is 1.77 bits per heavy atom. The number of hydrogen-bond donors (Lipinski definition) is 1. The number of carbonyl (C=O) groups excluding carboxylic acids is 1. The second-order valence-corrected chi connectivity index (χ2v) is 8.51. The van der Waals surface area contributed by atoms with Gasteiger partial charge in [-0.25, -0.2) is 0 Å². The molecular formula is C25H33NO4. The molecule has 0 spiro atoms. The summed E-state index contributed by atoms with van der Waals surface area (Å²) in [4.78, 5) is 12.6. The van der Waals surface area contributed by atoms with Gasteiger partial charge in [0.05, 0.1) is 19.3 Å². The number of fused-ring (bicyclic) bond motifs is 1. The molecule has 0 saturated heterocycles. The molecule has 2 aromatic rings. The Morgan fingerprint density at radius 1 is 1.03 bits per heavy atom. The van der Waals surface area contributed by atoms with Crippen LogP contribution in [0.5, 0.6) is 17.2 Å². The van der Waals surface area contributed by atoms with Gasteiger partial charge in [-0.1, -0.05) is 39.8 Å². The van der Waals surface area contributed by atoms with E-state index in [1.54, 1.807) is 0 Å². The first-order valence-corrected chi connectivity index (χ1v) is 10.8. The Labute approximate surface area is 179 Å². The molecule has 5 heteroatoms. The van der Waals surface area contributed by atoms with E-state index in [9.17, 15) is 4.79 Å². The molecule has 1 heterocycles. The van der Waals surface area contributed by atoms with E-state index in [1.807, 2.05) is 30.3 Å². The average Bonchev–Trinajstić information content (AvgIpc) is 2.94. The summed E-state index contributed by atoms with van der Waals surface area (Å²) < 4.78 is 17.3. The summed E-state index contributed by atoms with van der Waals surface area (Å²) in [5.74, 6) is 2.74. The van der Waals surface area contributed by atoms with Crippen molar-refractivity contribution in [3.63, 3.8) is 0 Å². The van der Waals surface area contributed by atoms with Gasteiger partial charge in [0, 0.05) is 6.42 Å². The largest absolute Gasteiger partial charge is 0.490 e. The summed E-state index contributed by atoms with van der Waals surface area (Å²) >= 11 is 0. The van der Waals surface area contributed by atoms with Crippen LogP contribution in [0.1, 0.15) is 62.8 Å². The molecule has 2 aromatic carbocycles. The number of nitrogens with one attached hydrogen (secondary N) is 1. The van der Waals surface area contributed by atoms with Gasteiger partial charge in [0.25, 0.3) is 5.91 Å². The fraction of sp³-hybridized carbons (Fsp3) is 0.480. The van der Waals surface area contributed by atoms with E-state index in [1.165, 1.54) is 11.1 Å². The lowest BCUT2D eigenvalue weighted by atomic mass is 9.95. The molecule has 162 valence electrons. The van der Waals surface area contributed by atoms with Crippen molar-refractivity contribution in [1.82, 2.24) is 5.32 Å². The lowest BCUT2D eigenvalue weighted by molar-refractivity contribution is -0.124. The highest BCUT2D eigenvalue weighted by Gasteiger charge is 2.21. The molecule has 1 unspecified atom stereocenters. The molecule has 1 N–H and O–H groups in total. The van der Waals surface area contributed by atoms with Gasteiger partial charge < -0.3 is 19.5 Å². The summed E-state index contributed by atoms with van der Waals surface area (Å²) in [5.41, 5.74) is 3.47. The van der Waals surface area contributed by atoms with Crippen LogP contribution in [0.3, 0.4) is 0 Å². The maximum Gasteiger partial charge on any atom is 0.258 e. The van der Waals surface area contributed by atoms with E-state index < -0.39 is 0 Å². The molecule has 30 heavy (non-hydrogen) atoms. The number of ether oxygens (including phenoxy) is 3. The average molecular weight is 412 g/mol. The summed E-state index contributed by atoms with van der Waals surface area (Å²) in [6, 6.07) is 11.7. The number of hydrogen-bond acceptors (Lipinski definition) is 4. The van der Waals surface area contributed by atoms with Gasteiger partial charge in [-0.15, -0.1) is 0 Å². The van der Waals surface area contributed by atoms with Gasteiger partial charge >= 0.3 is 0 Å². The zero-order valence-corrected chi connectivity index (χ0v) is 18.7. The Kier molecular flexibility index (Phi) is 7.24. The van der Waals surface area contributed by atoms with Crippen LogP contribution < -0.4 is 19.5 Å². The fourth-order valence-corrected chi connectivity index (χ4v) is 3.76. The standard InChI is InChI=1S/C25H33NO4/c1-16(2)21-9-8-20(13-18(21)5)30-15-24(27)26-25(17(3)4)19-7-10-22-23(14-19)29-12-6-11-28-22/h7-10,13-14,16-17,25H,6,11-12,15H2,1-5H3,(H,26,27). The highest BCUT2D eigenvalue weighted by atomic mass is 16.5. The molecular weight excluding hydrogens is 378 g/mol. The maximum absolute atomic E-state index is 12.6. The van der Waals surface area contributed by atoms with Gasteiger partial charge in [0.15, 0.2) is 18.1 Å². The SMILES string of the molecule is Cc1cc(OCC(=O)NC(c2ccc3c(c2)OCCCO3)C(C)C)ccc1C(C)C. The first kappa shape index (κ1) is 22.0.